The summed E-state index contributed by atoms with van der Waals surface area (Å²) >= 11 is 0. The number of H-pyrrole nitrogens is 1. The van der Waals surface area contributed by atoms with Gasteiger partial charge in [-0.2, -0.15) is 5.10 Å². The number of hydrazone groups is 1. The lowest BCUT2D eigenvalue weighted by Gasteiger charge is -2.34. The van der Waals surface area contributed by atoms with Crippen LogP contribution < -0.4 is 69.5 Å². The van der Waals surface area contributed by atoms with Gasteiger partial charge in [-0.3, -0.25) is 57.5 Å². The van der Waals surface area contributed by atoms with Crippen LogP contribution in [0.2, 0.25) is 0 Å². The molecule has 38 heteroatoms. The molecule has 0 aliphatic rings. The highest BCUT2D eigenvalue weighted by atomic mass is 19.1. The second-order valence-electron chi connectivity index (χ2n) is 28.5. The number of hydrogen-bond donors (Lipinski definition) is 18. The first-order valence-electron chi connectivity index (χ1n) is 37.3. The maximum absolute atomic E-state index is 15.5. The number of carbonyl (C=O) groups is 12. The molecule has 1 aromatic heterocycles. The van der Waals surface area contributed by atoms with E-state index in [1.807, 2.05) is 57.2 Å². The van der Waals surface area contributed by atoms with Crippen LogP contribution in [0.3, 0.4) is 0 Å². The van der Waals surface area contributed by atoms with Crippen molar-refractivity contribution in [2.45, 2.75) is 211 Å². The number of aromatic nitrogens is 2. The van der Waals surface area contributed by atoms with Crippen LogP contribution in [0, 0.1) is 25.2 Å². The van der Waals surface area contributed by atoms with E-state index in [9.17, 15) is 78.0 Å². The van der Waals surface area contributed by atoms with Crippen LogP contribution in [0.15, 0.2) is 113 Å². The van der Waals surface area contributed by atoms with Crippen LogP contribution in [-0.4, -0.2) is 199 Å². The highest BCUT2D eigenvalue weighted by molar-refractivity contribution is 6.01. The number of nitrogens with one attached hydrogen (secondary N) is 12. The molecular weight excluding hydrogens is 1500 g/mol. The van der Waals surface area contributed by atoms with Crippen LogP contribution in [0.25, 0.3) is 21.6 Å². The number of halogens is 1. The minimum Gasteiger partial charge on any atom is -0.494 e. The number of ether oxygens (including phenoxy) is 1. The molecule has 115 heavy (non-hydrogen) atoms. The van der Waals surface area contributed by atoms with Gasteiger partial charge in [-0.05, 0) is 163 Å². The number of azide groups is 1. The zero-order chi connectivity index (χ0) is 85.1. The molecule has 0 saturated heterocycles. The maximum Gasteiger partial charge on any atom is 0.305 e. The number of aliphatic hydroxyl groups is 3. The van der Waals surface area contributed by atoms with Crippen molar-refractivity contribution in [2.75, 3.05) is 26.3 Å². The molecular formula is C77H105FN20O17. The molecule has 0 aliphatic heterocycles. The minimum atomic E-state index is -2.42. The number of hydrogen-bond acceptors (Lipinski definition) is 21. The van der Waals surface area contributed by atoms with Gasteiger partial charge in [-0.25, -0.2) is 14.9 Å². The Labute approximate surface area is 663 Å². The molecule has 10 atom stereocenters. The first kappa shape index (κ1) is 93.3. The smallest absolute Gasteiger partial charge is 0.305 e. The van der Waals surface area contributed by atoms with Crippen molar-refractivity contribution in [1.29, 1.82) is 5.53 Å². The molecule has 0 aliphatic carbocycles. The summed E-state index contributed by atoms with van der Waals surface area (Å²) in [5.74, 6) is -9.26. The summed E-state index contributed by atoms with van der Waals surface area (Å²) in [6.07, 6.45) is 1.27. The van der Waals surface area contributed by atoms with Crippen LogP contribution >= 0.6 is 0 Å². The second kappa shape index (κ2) is 46.0. The third kappa shape index (κ3) is 30.6. The van der Waals surface area contributed by atoms with E-state index in [0.29, 0.717) is 75.8 Å². The molecule has 0 spiro atoms. The summed E-state index contributed by atoms with van der Waals surface area (Å²) in [6.45, 7) is 10.1. The van der Waals surface area contributed by atoms with E-state index in [1.54, 1.807) is 30.5 Å². The fourth-order valence-electron chi connectivity index (χ4n) is 12.2. The summed E-state index contributed by atoms with van der Waals surface area (Å²) in [6, 6.07) is 10.6. The third-order valence-corrected chi connectivity index (χ3v) is 18.4. The second-order valence-corrected chi connectivity index (χ2v) is 28.5. The normalized spacial score (nSPS) is 14.2. The Hall–Kier alpha value is -12.3. The van der Waals surface area contributed by atoms with E-state index >= 15 is 4.39 Å². The number of nitrogens with zero attached hydrogens (tertiary/aromatic N) is 6. The monoisotopic (exact) mass is 1600 g/mol. The summed E-state index contributed by atoms with van der Waals surface area (Å²) in [5.41, 5.74) is 24.4. The van der Waals surface area contributed by atoms with Gasteiger partial charge in [0, 0.05) is 43.3 Å². The largest absolute Gasteiger partial charge is 0.494 e. The van der Waals surface area contributed by atoms with Crippen LogP contribution in [0.4, 0.5) is 4.39 Å². The number of imidazole rings is 1. The lowest BCUT2D eigenvalue weighted by atomic mass is 9.90. The standard InChI is InChI=1S/C77H105FN20O17/c1-9-49-35-53(115-30-15-14-29-86-98-82)27-28-54(49)50-25-23-47(24-26-50)34-57(69(108)87-56(67(79)106)21-16-17-48-32-43(2)31-44(3)33-48)88-70(109)59(37-64(104)105)89-71(110)60(41-99)90-72(111)65(45(4)100)93-75(114)77(8,38-51-18-10-12-20-55(51)78)95-73(112)66(46(5)101)92-63(103)40-84-68(107)58(36-61(96-80)97-81)91-74(113)76(6,7)94-62(102)22-13-11-19-52-39-83-42-85-52/h10,12,18,20,23-28,31-33,35,39,42,45-46,56-60,65-66,80,99-101H,9,11,13-17,19,21-22,29-30,34,36-38,40-41,81H2,1-8H3,(H2,79,106)(H,83,85)(H,84,107)(H,87,108)(H,88,109)(H,89,110)(H,90,111)(H,91,113)(H,92,103)(H,93,114)(H,94,102)(H,95,112)(H,104,105)/b96-80?,97-61-/t45-,46-,56+,57+,58+,59+,60+,65+,66?,77+/m1/s1. The van der Waals surface area contributed by atoms with Crippen molar-refractivity contribution in [3.8, 4) is 16.9 Å². The Morgan fingerprint density at radius 2 is 1.31 bits per heavy atom. The van der Waals surface area contributed by atoms with E-state index in [2.05, 4.69) is 83.4 Å². The number of carboxylic acids is 1. The third-order valence-electron chi connectivity index (χ3n) is 18.4. The molecule has 0 radical (unpaired) electrons. The zero-order valence-corrected chi connectivity index (χ0v) is 65.5. The van der Waals surface area contributed by atoms with Crippen LogP contribution in [-0.2, 0) is 89.6 Å². The number of aliphatic carboxylic acids is 1. The van der Waals surface area contributed by atoms with E-state index in [0.717, 1.165) is 65.9 Å². The highest BCUT2D eigenvalue weighted by Gasteiger charge is 2.43. The summed E-state index contributed by atoms with van der Waals surface area (Å²) < 4.78 is 21.5. The average Bonchev–Trinajstić information content (AvgIpc) is 1.07. The van der Waals surface area contributed by atoms with E-state index in [-0.39, 0.29) is 24.8 Å². The average molecular weight is 1600 g/mol. The minimum absolute atomic E-state index is 0.0375. The van der Waals surface area contributed by atoms with Crippen LogP contribution in [0.1, 0.15) is 138 Å². The predicted octanol–water partition coefficient (Wildman–Crippen LogP) is 1.77. The van der Waals surface area contributed by atoms with Gasteiger partial charge in [0.15, 0.2) is 5.84 Å². The SMILES string of the molecule is CCc1cc(OCCCCN=[N+]=[N-])ccc1-c1ccc(C[C@H](NC(=O)[C@H](CC(=O)O)NC(=O)[C@H](CO)NC(=O)[C@@H](NC(=O)[C@](C)(Cc2ccccc2F)NC(=O)C(NC(=O)CNC(=O)[C@H](C/C(N=N)=N/N)NC(=O)C(C)(C)NC(=O)CCCCc2c[nH]cn2)[C@@H](C)O)[C@@H](C)O)C(=O)N[C@@H](CCCc2cc(C)cc(C)c2)C(N)=O)cc1. The number of benzene rings is 4. The van der Waals surface area contributed by atoms with Crippen molar-refractivity contribution in [1.82, 2.24) is 63.1 Å². The number of primary amides is 1. The Morgan fingerprint density at radius 3 is 1.92 bits per heavy atom. The molecule has 5 aromatic rings. The molecule has 622 valence electrons. The lowest BCUT2D eigenvalue weighted by Crippen LogP contribution is -2.67. The molecule has 11 amide bonds. The van der Waals surface area contributed by atoms with Gasteiger partial charge < -0.3 is 94.9 Å². The van der Waals surface area contributed by atoms with E-state index < -0.39 is 181 Å². The zero-order valence-electron chi connectivity index (χ0n) is 65.5. The first-order chi connectivity index (χ1) is 54.5. The molecule has 1 unspecified atom stereocenters. The molecule has 0 bridgehead atoms. The number of amides is 11. The molecule has 1 heterocycles. The molecule has 0 fully saturated rings. The van der Waals surface area contributed by atoms with Gasteiger partial charge in [0.05, 0.1) is 50.4 Å². The van der Waals surface area contributed by atoms with E-state index in [4.69, 9.17) is 27.4 Å². The summed E-state index contributed by atoms with van der Waals surface area (Å²) in [7, 11) is 0. The number of carboxylic acid groups (broad SMARTS) is 1. The van der Waals surface area contributed by atoms with Gasteiger partial charge in [0.25, 0.3) is 0 Å². The van der Waals surface area contributed by atoms with Crippen molar-refractivity contribution < 1.29 is 87.1 Å². The number of unbranched alkanes of at least 4 members (excludes halogenated alkanes) is 2. The molecule has 37 nitrogen and oxygen atoms in total. The predicted molar refractivity (Wildman–Crippen MR) is 417 cm³/mol. The number of rotatable bonds is 48. The molecule has 0 saturated carbocycles. The van der Waals surface area contributed by atoms with Crippen molar-refractivity contribution in [3.05, 3.63) is 153 Å². The number of aliphatic hydroxyl groups excluding tert-OH is 3. The first-order valence-corrected chi connectivity index (χ1v) is 37.3. The Balaban J connectivity index is 1.33. The quantitative estimate of drug-likeness (QED) is 0.00386. The van der Waals surface area contributed by atoms with Crippen molar-refractivity contribution in [3.63, 3.8) is 0 Å². The van der Waals surface area contributed by atoms with Gasteiger partial charge in [-0.1, -0.05) is 89.9 Å². The Morgan fingerprint density at radius 1 is 0.678 bits per heavy atom. The fourth-order valence-corrected chi connectivity index (χ4v) is 12.2. The van der Waals surface area contributed by atoms with Gasteiger partial charge in [0.1, 0.15) is 64.9 Å². The summed E-state index contributed by atoms with van der Waals surface area (Å²) in [5, 5.41) is 76.3. The van der Waals surface area contributed by atoms with Gasteiger partial charge in [0.2, 0.25) is 65.0 Å². The molecule has 5 rings (SSSR count). The van der Waals surface area contributed by atoms with Crippen molar-refractivity contribution in [2.24, 2.45) is 26.9 Å². The Bertz CT molecular complexity index is 4270. The number of carbonyl (C=O) groups excluding carboxylic acids is 11. The lowest BCUT2D eigenvalue weighted by molar-refractivity contribution is -0.142. The Kier molecular flexibility index (Phi) is 37.4. The molecule has 20 N–H and O–H groups in total. The fraction of sp³-hybridized carbons (Fsp3) is 0.481. The topological polar surface area (TPSA) is 593 Å². The van der Waals surface area contributed by atoms with Gasteiger partial charge in [-0.15, -0.1) is 5.11 Å². The summed E-state index contributed by atoms with van der Waals surface area (Å²) in [4.78, 5) is 176. The van der Waals surface area contributed by atoms with E-state index in [1.165, 1.54) is 38.4 Å². The number of amidine groups is 1. The molecule has 4 aromatic carbocycles. The number of aromatic amines is 1. The van der Waals surface area contributed by atoms with Crippen molar-refractivity contribution >= 4 is 76.8 Å². The van der Waals surface area contributed by atoms with Crippen LogP contribution in [0.5, 0.6) is 5.75 Å². The highest BCUT2D eigenvalue weighted by Crippen LogP contribution is 2.29. The maximum atomic E-state index is 15.5. The number of aryl methyl sites for hydroxylation is 5. The number of nitrogens with two attached hydrogens (primary N) is 2. The van der Waals surface area contributed by atoms with Gasteiger partial charge >= 0.3 is 5.97 Å².